The Morgan fingerprint density at radius 3 is 2.62 bits per heavy atom. The molecule has 2 N–H and O–H groups in total. The van der Waals surface area contributed by atoms with Crippen LogP contribution in [-0.4, -0.2) is 40.9 Å². The van der Waals surface area contributed by atoms with E-state index in [-0.39, 0.29) is 34.4 Å². The zero-order valence-electron chi connectivity index (χ0n) is 15.3. The molecule has 26 heavy (non-hydrogen) atoms. The lowest BCUT2D eigenvalue weighted by Crippen LogP contribution is -2.42. The number of hydrogen-bond acceptors (Lipinski definition) is 3. The summed E-state index contributed by atoms with van der Waals surface area (Å²) in [5.74, 6) is -1.90. The van der Waals surface area contributed by atoms with Crippen molar-refractivity contribution in [3.63, 3.8) is 0 Å². The number of carboxylic acid groups (broad SMARTS) is 1. The zero-order chi connectivity index (χ0) is 19.5. The van der Waals surface area contributed by atoms with Gasteiger partial charge >= 0.3 is 5.97 Å². The van der Waals surface area contributed by atoms with E-state index in [1.807, 2.05) is 20.8 Å². The number of aliphatic carboxylic acids is 1. The molecule has 0 spiro atoms. The number of nitrogens with zero attached hydrogens (tertiary/aromatic N) is 1. The number of amides is 2. The number of carbonyl (C=O) groups is 3. The van der Waals surface area contributed by atoms with Gasteiger partial charge in [0, 0.05) is 25.2 Å². The van der Waals surface area contributed by atoms with E-state index < -0.39 is 11.9 Å². The molecule has 1 unspecified atom stereocenters. The number of hydrogen-bond donors (Lipinski definition) is 2. The summed E-state index contributed by atoms with van der Waals surface area (Å²) in [6, 6.07) is 4.77. The van der Waals surface area contributed by atoms with E-state index in [4.69, 9.17) is 11.6 Å². The van der Waals surface area contributed by atoms with Gasteiger partial charge in [-0.25, -0.2) is 0 Å². The molecule has 1 atom stereocenters. The lowest BCUT2D eigenvalue weighted by Gasteiger charge is -2.31. The van der Waals surface area contributed by atoms with Crippen LogP contribution in [0, 0.1) is 11.3 Å². The average Bonchev–Trinajstić information content (AvgIpc) is 2.54. The van der Waals surface area contributed by atoms with E-state index in [0.29, 0.717) is 31.5 Å². The molecular weight excluding hydrogens is 356 g/mol. The summed E-state index contributed by atoms with van der Waals surface area (Å²) in [6.07, 6.45) is 1.56. The minimum absolute atomic E-state index is 0.137. The van der Waals surface area contributed by atoms with Gasteiger partial charge in [-0.2, -0.15) is 0 Å². The molecule has 1 aliphatic rings. The SMILES string of the molecule is CC(C)(C)CC(=O)Nc1ccc(Cl)c(C(=O)N2CCCC(C(=O)O)C2)c1. The van der Waals surface area contributed by atoms with Gasteiger partial charge < -0.3 is 15.3 Å². The van der Waals surface area contributed by atoms with Crippen LogP contribution in [-0.2, 0) is 9.59 Å². The monoisotopic (exact) mass is 380 g/mol. The summed E-state index contributed by atoms with van der Waals surface area (Å²) in [7, 11) is 0. The third-order valence-electron chi connectivity index (χ3n) is 4.23. The fourth-order valence-corrected chi connectivity index (χ4v) is 3.19. The van der Waals surface area contributed by atoms with Gasteiger partial charge in [0.15, 0.2) is 0 Å². The predicted molar refractivity (Wildman–Crippen MR) is 100 cm³/mol. The van der Waals surface area contributed by atoms with Crippen molar-refractivity contribution >= 4 is 35.1 Å². The number of piperidine rings is 1. The van der Waals surface area contributed by atoms with Crippen molar-refractivity contribution in [1.29, 1.82) is 0 Å². The summed E-state index contributed by atoms with van der Waals surface area (Å²) in [4.78, 5) is 37.6. The van der Waals surface area contributed by atoms with Crippen molar-refractivity contribution in [3.8, 4) is 0 Å². The van der Waals surface area contributed by atoms with Gasteiger partial charge in [0.25, 0.3) is 5.91 Å². The van der Waals surface area contributed by atoms with Crippen LogP contribution in [0.5, 0.6) is 0 Å². The number of halogens is 1. The fourth-order valence-electron chi connectivity index (χ4n) is 2.99. The van der Waals surface area contributed by atoms with Gasteiger partial charge in [-0.3, -0.25) is 14.4 Å². The zero-order valence-corrected chi connectivity index (χ0v) is 16.1. The van der Waals surface area contributed by atoms with Crippen LogP contribution in [0.1, 0.15) is 50.4 Å². The Morgan fingerprint density at radius 2 is 2.00 bits per heavy atom. The highest BCUT2D eigenvalue weighted by molar-refractivity contribution is 6.34. The number of anilines is 1. The van der Waals surface area contributed by atoms with Crippen LogP contribution in [0.2, 0.25) is 5.02 Å². The van der Waals surface area contributed by atoms with Crippen molar-refractivity contribution in [2.75, 3.05) is 18.4 Å². The molecule has 1 aromatic rings. The Kier molecular flexibility index (Phi) is 6.29. The summed E-state index contributed by atoms with van der Waals surface area (Å²) in [6.45, 7) is 6.58. The highest BCUT2D eigenvalue weighted by atomic mass is 35.5. The number of carboxylic acids is 1. The molecular formula is C19H25ClN2O4. The molecule has 1 saturated heterocycles. The van der Waals surface area contributed by atoms with Crippen LogP contribution in [0.4, 0.5) is 5.69 Å². The molecule has 2 rings (SSSR count). The normalized spacial score (nSPS) is 17.7. The summed E-state index contributed by atoms with van der Waals surface area (Å²) < 4.78 is 0. The van der Waals surface area contributed by atoms with Gasteiger partial charge in [-0.1, -0.05) is 32.4 Å². The van der Waals surface area contributed by atoms with E-state index in [1.165, 1.54) is 4.90 Å². The lowest BCUT2D eigenvalue weighted by molar-refractivity contribution is -0.143. The second kappa shape index (κ2) is 8.08. The van der Waals surface area contributed by atoms with E-state index in [1.54, 1.807) is 18.2 Å². The van der Waals surface area contributed by atoms with Crippen LogP contribution in [0.15, 0.2) is 18.2 Å². The molecule has 0 aliphatic carbocycles. The first-order valence-electron chi connectivity index (χ1n) is 8.68. The number of benzene rings is 1. The maximum atomic E-state index is 12.8. The van der Waals surface area contributed by atoms with E-state index in [0.717, 1.165) is 0 Å². The number of rotatable bonds is 4. The molecule has 1 fully saturated rings. The van der Waals surface area contributed by atoms with Crippen LogP contribution >= 0.6 is 11.6 Å². The van der Waals surface area contributed by atoms with Gasteiger partial charge in [0.2, 0.25) is 5.91 Å². The molecule has 6 nitrogen and oxygen atoms in total. The van der Waals surface area contributed by atoms with Crippen LogP contribution in [0.3, 0.4) is 0 Å². The highest BCUT2D eigenvalue weighted by Gasteiger charge is 2.29. The largest absolute Gasteiger partial charge is 0.481 e. The van der Waals surface area contributed by atoms with Crippen molar-refractivity contribution in [2.24, 2.45) is 11.3 Å². The number of carbonyl (C=O) groups excluding carboxylic acids is 2. The Labute approximate surface area is 158 Å². The van der Waals surface area contributed by atoms with Gasteiger partial charge in [0.05, 0.1) is 16.5 Å². The van der Waals surface area contributed by atoms with E-state index in [2.05, 4.69) is 5.32 Å². The second-order valence-electron chi connectivity index (χ2n) is 7.91. The van der Waals surface area contributed by atoms with Crippen LogP contribution in [0.25, 0.3) is 0 Å². The smallest absolute Gasteiger partial charge is 0.308 e. The molecule has 7 heteroatoms. The average molecular weight is 381 g/mol. The second-order valence-corrected chi connectivity index (χ2v) is 8.32. The van der Waals surface area contributed by atoms with Crippen molar-refractivity contribution < 1.29 is 19.5 Å². The maximum absolute atomic E-state index is 12.8. The first kappa shape index (κ1) is 20.2. The van der Waals surface area contributed by atoms with Crippen molar-refractivity contribution in [2.45, 2.75) is 40.0 Å². The summed E-state index contributed by atoms with van der Waals surface area (Å²) >= 11 is 6.18. The number of nitrogens with one attached hydrogen (secondary N) is 1. The topological polar surface area (TPSA) is 86.7 Å². The third kappa shape index (κ3) is 5.46. The lowest BCUT2D eigenvalue weighted by atomic mass is 9.92. The van der Waals surface area contributed by atoms with Gasteiger partial charge in [0.1, 0.15) is 0 Å². The van der Waals surface area contributed by atoms with Crippen LogP contribution < -0.4 is 5.32 Å². The summed E-state index contributed by atoms with van der Waals surface area (Å²) in [5.41, 5.74) is 0.625. The minimum Gasteiger partial charge on any atom is -0.481 e. The molecule has 1 heterocycles. The minimum atomic E-state index is -0.892. The van der Waals surface area contributed by atoms with Gasteiger partial charge in [-0.05, 0) is 36.5 Å². The molecule has 1 aromatic carbocycles. The van der Waals surface area contributed by atoms with E-state index in [9.17, 15) is 19.5 Å². The maximum Gasteiger partial charge on any atom is 0.308 e. The summed E-state index contributed by atoms with van der Waals surface area (Å²) in [5, 5.41) is 12.3. The highest BCUT2D eigenvalue weighted by Crippen LogP contribution is 2.26. The molecule has 1 aliphatic heterocycles. The standard InChI is InChI=1S/C19H25ClN2O4/c1-19(2,3)10-16(23)21-13-6-7-15(20)14(9-13)17(24)22-8-4-5-12(11-22)18(25)26/h6-7,9,12H,4-5,8,10-11H2,1-3H3,(H,21,23)(H,25,26). The van der Waals surface area contributed by atoms with Gasteiger partial charge in [-0.15, -0.1) is 0 Å². The third-order valence-corrected chi connectivity index (χ3v) is 4.56. The molecule has 142 valence electrons. The predicted octanol–water partition coefficient (Wildman–Crippen LogP) is 3.65. The Bertz CT molecular complexity index is 712. The molecule has 0 bridgehead atoms. The van der Waals surface area contributed by atoms with Crippen molar-refractivity contribution in [3.05, 3.63) is 28.8 Å². The fraction of sp³-hybridized carbons (Fsp3) is 0.526. The van der Waals surface area contributed by atoms with Crippen molar-refractivity contribution in [1.82, 2.24) is 4.90 Å². The molecule has 0 radical (unpaired) electrons. The van der Waals surface area contributed by atoms with E-state index >= 15 is 0 Å². The Hall–Kier alpha value is -2.08. The molecule has 0 aromatic heterocycles. The molecule has 0 saturated carbocycles. The Balaban J connectivity index is 2.14. The number of likely N-dealkylation sites (tertiary alicyclic amines) is 1. The Morgan fingerprint density at radius 1 is 1.31 bits per heavy atom. The first-order valence-corrected chi connectivity index (χ1v) is 9.06. The molecule has 2 amide bonds. The quantitative estimate of drug-likeness (QED) is 0.834. The first-order chi connectivity index (χ1) is 12.1.